The third-order valence-corrected chi connectivity index (χ3v) is 2.24. The zero-order valence-corrected chi connectivity index (χ0v) is 8.95. The molecule has 0 saturated carbocycles. The number of hydrogen-bond donors (Lipinski definition) is 1. The summed E-state index contributed by atoms with van der Waals surface area (Å²) < 4.78 is 0. The lowest BCUT2D eigenvalue weighted by molar-refractivity contribution is -0.130. The summed E-state index contributed by atoms with van der Waals surface area (Å²) >= 11 is 5.75. The van der Waals surface area contributed by atoms with Crippen molar-refractivity contribution in [3.8, 4) is 0 Å². The van der Waals surface area contributed by atoms with E-state index in [1.807, 2.05) is 0 Å². The lowest BCUT2D eigenvalue weighted by atomic mass is 9.98. The third-order valence-electron chi connectivity index (χ3n) is 2.00. The van der Waals surface area contributed by atoms with Gasteiger partial charge in [0.15, 0.2) is 5.78 Å². The van der Waals surface area contributed by atoms with Crippen molar-refractivity contribution in [3.63, 3.8) is 0 Å². The fraction of sp³-hybridized carbons (Fsp3) is 0.364. The topological polar surface area (TPSA) is 37.3 Å². The largest absolute Gasteiger partial charge is 0.381 e. The summed E-state index contributed by atoms with van der Waals surface area (Å²) in [5.41, 5.74) is 0.552. The summed E-state index contributed by atoms with van der Waals surface area (Å²) in [5.74, 6) is -0.365. The van der Waals surface area contributed by atoms with Crippen LogP contribution in [0.25, 0.3) is 0 Å². The van der Waals surface area contributed by atoms with Gasteiger partial charge in [-0.05, 0) is 17.7 Å². The van der Waals surface area contributed by atoms with E-state index in [4.69, 9.17) is 11.6 Å². The molecule has 1 unspecified atom stereocenters. The summed E-state index contributed by atoms with van der Waals surface area (Å²) in [5, 5.41) is 10.2. The van der Waals surface area contributed by atoms with Crippen molar-refractivity contribution in [3.05, 3.63) is 34.9 Å². The Bertz CT molecular complexity index is 334. The number of Topliss-reactive ketones (excluding diaryl/α,β-unsaturated/α-hetero) is 1. The first-order chi connectivity index (χ1) is 6.52. The van der Waals surface area contributed by atoms with Gasteiger partial charge in [0.1, 0.15) is 6.10 Å². The van der Waals surface area contributed by atoms with Gasteiger partial charge in [0.2, 0.25) is 0 Å². The van der Waals surface area contributed by atoms with E-state index >= 15 is 0 Å². The SMILES string of the molecule is CC(C)C(=O)C(O)c1cccc(Cl)c1. The fourth-order valence-corrected chi connectivity index (χ4v) is 1.36. The predicted octanol–water partition coefficient (Wildman–Crippen LogP) is 2.60. The van der Waals surface area contributed by atoms with Crippen molar-refractivity contribution in [2.24, 2.45) is 5.92 Å². The Kier molecular flexibility index (Phi) is 3.67. The van der Waals surface area contributed by atoms with Gasteiger partial charge < -0.3 is 5.11 Å². The van der Waals surface area contributed by atoms with E-state index in [1.165, 1.54) is 0 Å². The lowest BCUT2D eigenvalue weighted by Crippen LogP contribution is -2.17. The summed E-state index contributed by atoms with van der Waals surface area (Å²) in [6.07, 6.45) is -1.06. The molecule has 1 N–H and O–H groups in total. The number of ketones is 1. The molecule has 0 saturated heterocycles. The second kappa shape index (κ2) is 4.58. The Hall–Kier alpha value is -0.860. The normalized spacial score (nSPS) is 12.9. The zero-order valence-electron chi connectivity index (χ0n) is 8.20. The van der Waals surface area contributed by atoms with E-state index in [1.54, 1.807) is 38.1 Å². The van der Waals surface area contributed by atoms with Gasteiger partial charge in [-0.15, -0.1) is 0 Å². The minimum absolute atomic E-state index is 0.177. The molecule has 0 amide bonds. The molecular formula is C11H13ClO2. The highest BCUT2D eigenvalue weighted by molar-refractivity contribution is 6.30. The van der Waals surface area contributed by atoms with Crippen LogP contribution in [0.1, 0.15) is 25.5 Å². The maximum Gasteiger partial charge on any atom is 0.168 e. The average molecular weight is 213 g/mol. The molecule has 0 spiro atoms. The Morgan fingerprint density at radius 3 is 2.57 bits per heavy atom. The van der Waals surface area contributed by atoms with E-state index in [-0.39, 0.29) is 11.7 Å². The second-order valence-electron chi connectivity index (χ2n) is 3.51. The first-order valence-electron chi connectivity index (χ1n) is 4.49. The van der Waals surface area contributed by atoms with Crippen LogP contribution in [-0.2, 0) is 4.79 Å². The van der Waals surface area contributed by atoms with Crippen molar-refractivity contribution < 1.29 is 9.90 Å². The van der Waals surface area contributed by atoms with Crippen molar-refractivity contribution in [1.82, 2.24) is 0 Å². The maximum absolute atomic E-state index is 11.5. The number of aliphatic hydroxyl groups excluding tert-OH is 1. The minimum atomic E-state index is -1.06. The Morgan fingerprint density at radius 2 is 2.07 bits per heavy atom. The number of rotatable bonds is 3. The highest BCUT2D eigenvalue weighted by Gasteiger charge is 2.19. The Morgan fingerprint density at radius 1 is 1.43 bits per heavy atom. The first-order valence-corrected chi connectivity index (χ1v) is 4.87. The maximum atomic E-state index is 11.5. The average Bonchev–Trinajstić information content (AvgIpc) is 2.15. The Labute approximate surface area is 88.5 Å². The van der Waals surface area contributed by atoms with Gasteiger partial charge in [-0.1, -0.05) is 37.6 Å². The molecule has 76 valence electrons. The zero-order chi connectivity index (χ0) is 10.7. The first kappa shape index (κ1) is 11.2. The highest BCUT2D eigenvalue weighted by Crippen LogP contribution is 2.20. The molecule has 1 aromatic rings. The number of carbonyl (C=O) groups excluding carboxylic acids is 1. The van der Waals surface area contributed by atoms with Crippen molar-refractivity contribution >= 4 is 17.4 Å². The molecule has 0 fully saturated rings. The van der Waals surface area contributed by atoms with Gasteiger partial charge >= 0.3 is 0 Å². The standard InChI is InChI=1S/C11H13ClO2/c1-7(2)10(13)11(14)8-4-3-5-9(12)6-8/h3-7,11,14H,1-2H3. The molecule has 2 nitrogen and oxygen atoms in total. The quantitative estimate of drug-likeness (QED) is 0.836. The molecule has 3 heteroatoms. The predicted molar refractivity (Wildman–Crippen MR) is 56.3 cm³/mol. The van der Waals surface area contributed by atoms with Crippen LogP contribution in [0.2, 0.25) is 5.02 Å². The van der Waals surface area contributed by atoms with Crippen LogP contribution in [0.4, 0.5) is 0 Å². The fourth-order valence-electron chi connectivity index (χ4n) is 1.16. The van der Waals surface area contributed by atoms with Crippen LogP contribution in [0, 0.1) is 5.92 Å². The molecule has 0 aliphatic rings. The van der Waals surface area contributed by atoms with Gasteiger partial charge in [0.05, 0.1) is 0 Å². The number of hydrogen-bond acceptors (Lipinski definition) is 2. The molecule has 0 aliphatic carbocycles. The molecule has 0 bridgehead atoms. The van der Waals surface area contributed by atoms with Gasteiger partial charge in [-0.2, -0.15) is 0 Å². The van der Waals surface area contributed by atoms with E-state index in [2.05, 4.69) is 0 Å². The molecule has 1 atom stereocenters. The number of benzene rings is 1. The van der Waals surface area contributed by atoms with Crippen LogP contribution >= 0.6 is 11.6 Å². The van der Waals surface area contributed by atoms with Crippen molar-refractivity contribution in [2.45, 2.75) is 20.0 Å². The molecule has 14 heavy (non-hydrogen) atoms. The van der Waals surface area contributed by atoms with Gasteiger partial charge in [0, 0.05) is 10.9 Å². The number of aliphatic hydroxyl groups is 1. The van der Waals surface area contributed by atoms with E-state index in [0.717, 1.165) is 0 Å². The highest BCUT2D eigenvalue weighted by atomic mass is 35.5. The number of halogens is 1. The Balaban J connectivity index is 2.89. The monoisotopic (exact) mass is 212 g/mol. The van der Waals surface area contributed by atoms with Gasteiger partial charge in [0.25, 0.3) is 0 Å². The van der Waals surface area contributed by atoms with E-state index < -0.39 is 6.10 Å². The summed E-state index contributed by atoms with van der Waals surface area (Å²) in [7, 11) is 0. The minimum Gasteiger partial charge on any atom is -0.381 e. The van der Waals surface area contributed by atoms with Gasteiger partial charge in [-0.3, -0.25) is 4.79 Å². The van der Waals surface area contributed by atoms with Crippen LogP contribution in [0.5, 0.6) is 0 Å². The van der Waals surface area contributed by atoms with Crippen molar-refractivity contribution in [1.29, 1.82) is 0 Å². The molecular weight excluding hydrogens is 200 g/mol. The molecule has 1 rings (SSSR count). The van der Waals surface area contributed by atoms with E-state index in [0.29, 0.717) is 10.6 Å². The van der Waals surface area contributed by atoms with Crippen LogP contribution < -0.4 is 0 Å². The molecule has 1 aromatic carbocycles. The lowest BCUT2D eigenvalue weighted by Gasteiger charge is -2.12. The van der Waals surface area contributed by atoms with E-state index in [9.17, 15) is 9.90 Å². The summed E-state index contributed by atoms with van der Waals surface area (Å²) in [6.45, 7) is 3.52. The number of carbonyl (C=O) groups is 1. The van der Waals surface area contributed by atoms with Gasteiger partial charge in [-0.25, -0.2) is 0 Å². The summed E-state index contributed by atoms with van der Waals surface area (Å²) in [6, 6.07) is 6.72. The molecule has 0 radical (unpaired) electrons. The smallest absolute Gasteiger partial charge is 0.168 e. The second-order valence-corrected chi connectivity index (χ2v) is 3.95. The van der Waals surface area contributed by atoms with Crippen LogP contribution in [-0.4, -0.2) is 10.9 Å². The van der Waals surface area contributed by atoms with Crippen LogP contribution in [0.15, 0.2) is 24.3 Å². The third kappa shape index (κ3) is 2.56. The molecule has 0 aliphatic heterocycles. The molecule has 0 aromatic heterocycles. The molecule has 0 heterocycles. The van der Waals surface area contributed by atoms with Crippen molar-refractivity contribution in [2.75, 3.05) is 0 Å². The van der Waals surface area contributed by atoms with Crippen LogP contribution in [0.3, 0.4) is 0 Å². The summed E-state index contributed by atoms with van der Waals surface area (Å²) in [4.78, 5) is 11.5.